The van der Waals surface area contributed by atoms with E-state index < -0.39 is 0 Å². The standard InChI is InChI=1S/C16H17ClFNS/c1-10-7-16(13(11(2)19)8-15(10)18)20-9-12-5-3-4-6-14(12)17/h3-8,11H,9,19H2,1-2H3. The summed E-state index contributed by atoms with van der Waals surface area (Å²) < 4.78 is 13.7. The third kappa shape index (κ3) is 3.54. The number of benzene rings is 2. The third-order valence-corrected chi connectivity index (χ3v) is 4.61. The molecule has 0 radical (unpaired) electrons. The van der Waals surface area contributed by atoms with E-state index in [0.717, 1.165) is 26.8 Å². The molecule has 1 nitrogen and oxygen atoms in total. The highest BCUT2D eigenvalue weighted by Gasteiger charge is 2.12. The highest BCUT2D eigenvalue weighted by molar-refractivity contribution is 7.98. The predicted octanol–water partition coefficient (Wildman–Crippen LogP) is 5.10. The minimum Gasteiger partial charge on any atom is -0.324 e. The Hall–Kier alpha value is -1.03. The van der Waals surface area contributed by atoms with Gasteiger partial charge >= 0.3 is 0 Å². The maximum atomic E-state index is 13.7. The lowest BCUT2D eigenvalue weighted by Crippen LogP contribution is -2.07. The Morgan fingerprint density at radius 3 is 2.65 bits per heavy atom. The van der Waals surface area contributed by atoms with Gasteiger partial charge in [-0.2, -0.15) is 0 Å². The van der Waals surface area contributed by atoms with Crippen LogP contribution in [-0.2, 0) is 5.75 Å². The van der Waals surface area contributed by atoms with Gasteiger partial charge in [0.15, 0.2) is 0 Å². The molecule has 1 atom stereocenters. The molecule has 2 aromatic carbocycles. The Kier molecular flexibility index (Phi) is 5.08. The first-order valence-corrected chi connectivity index (χ1v) is 7.77. The summed E-state index contributed by atoms with van der Waals surface area (Å²) in [7, 11) is 0. The number of halogens is 2. The van der Waals surface area contributed by atoms with Crippen LogP contribution in [0.2, 0.25) is 5.02 Å². The summed E-state index contributed by atoms with van der Waals surface area (Å²) in [6, 6.07) is 10.9. The van der Waals surface area contributed by atoms with E-state index in [2.05, 4.69) is 0 Å². The molecule has 0 saturated carbocycles. The normalized spacial score (nSPS) is 12.4. The van der Waals surface area contributed by atoms with Gasteiger partial charge in [0.05, 0.1) is 0 Å². The van der Waals surface area contributed by atoms with E-state index in [4.69, 9.17) is 17.3 Å². The van der Waals surface area contributed by atoms with Crippen molar-refractivity contribution in [2.75, 3.05) is 0 Å². The van der Waals surface area contributed by atoms with Crippen LogP contribution in [0.15, 0.2) is 41.3 Å². The molecule has 0 spiro atoms. The third-order valence-electron chi connectivity index (χ3n) is 3.12. The van der Waals surface area contributed by atoms with Crippen molar-refractivity contribution in [3.63, 3.8) is 0 Å². The second-order valence-electron chi connectivity index (χ2n) is 4.81. The number of aryl methyl sites for hydroxylation is 1. The van der Waals surface area contributed by atoms with E-state index in [9.17, 15) is 4.39 Å². The van der Waals surface area contributed by atoms with Gasteiger partial charge in [0.25, 0.3) is 0 Å². The molecule has 20 heavy (non-hydrogen) atoms. The van der Waals surface area contributed by atoms with E-state index in [-0.39, 0.29) is 11.9 Å². The summed E-state index contributed by atoms with van der Waals surface area (Å²) >= 11 is 7.79. The average molecular weight is 310 g/mol. The van der Waals surface area contributed by atoms with E-state index in [1.807, 2.05) is 37.3 Å². The van der Waals surface area contributed by atoms with Crippen LogP contribution >= 0.6 is 23.4 Å². The minimum absolute atomic E-state index is 0.196. The lowest BCUT2D eigenvalue weighted by molar-refractivity contribution is 0.610. The minimum atomic E-state index is -0.209. The number of thioether (sulfide) groups is 1. The summed E-state index contributed by atoms with van der Waals surface area (Å²) in [5, 5.41) is 0.751. The van der Waals surface area contributed by atoms with Gasteiger partial charge in [0.1, 0.15) is 5.82 Å². The van der Waals surface area contributed by atoms with Crippen molar-refractivity contribution in [2.24, 2.45) is 5.73 Å². The lowest BCUT2D eigenvalue weighted by atomic mass is 10.1. The first-order valence-electron chi connectivity index (χ1n) is 6.41. The Labute approximate surface area is 128 Å². The SMILES string of the molecule is Cc1cc(SCc2ccccc2Cl)c(C(C)N)cc1F. The van der Waals surface area contributed by atoms with E-state index >= 15 is 0 Å². The molecule has 4 heteroatoms. The van der Waals surface area contributed by atoms with Crippen LogP contribution in [0.5, 0.6) is 0 Å². The zero-order valence-electron chi connectivity index (χ0n) is 11.5. The fourth-order valence-electron chi connectivity index (χ4n) is 1.92. The van der Waals surface area contributed by atoms with Gasteiger partial charge in [-0.3, -0.25) is 0 Å². The Bertz CT molecular complexity index is 613. The van der Waals surface area contributed by atoms with Crippen molar-refractivity contribution >= 4 is 23.4 Å². The Morgan fingerprint density at radius 1 is 1.30 bits per heavy atom. The molecule has 2 rings (SSSR count). The number of hydrogen-bond acceptors (Lipinski definition) is 2. The zero-order chi connectivity index (χ0) is 14.7. The molecule has 0 aliphatic carbocycles. The molecule has 0 heterocycles. The summed E-state index contributed by atoms with van der Waals surface area (Å²) in [6.07, 6.45) is 0. The van der Waals surface area contributed by atoms with Gasteiger partial charge in [0, 0.05) is 21.7 Å². The highest BCUT2D eigenvalue weighted by Crippen LogP contribution is 2.32. The van der Waals surface area contributed by atoms with Crippen LogP contribution in [0, 0.1) is 12.7 Å². The van der Waals surface area contributed by atoms with E-state index in [1.54, 1.807) is 18.7 Å². The fourth-order valence-corrected chi connectivity index (χ4v) is 3.44. The Morgan fingerprint density at radius 2 is 2.00 bits per heavy atom. The number of hydrogen-bond donors (Lipinski definition) is 1. The molecule has 0 aromatic heterocycles. The zero-order valence-corrected chi connectivity index (χ0v) is 13.1. The van der Waals surface area contributed by atoms with Crippen molar-refractivity contribution in [1.29, 1.82) is 0 Å². The summed E-state index contributed by atoms with van der Waals surface area (Å²) in [4.78, 5) is 1.01. The topological polar surface area (TPSA) is 26.0 Å². The first-order chi connectivity index (χ1) is 9.49. The van der Waals surface area contributed by atoms with Gasteiger partial charge in [-0.05, 0) is 48.7 Å². The monoisotopic (exact) mass is 309 g/mol. The molecular formula is C16H17ClFNS. The molecule has 1 unspecified atom stereocenters. The van der Waals surface area contributed by atoms with E-state index in [1.165, 1.54) is 6.07 Å². The predicted molar refractivity (Wildman–Crippen MR) is 84.8 cm³/mol. The van der Waals surface area contributed by atoms with Gasteiger partial charge < -0.3 is 5.73 Å². The van der Waals surface area contributed by atoms with E-state index in [0.29, 0.717) is 5.56 Å². The molecule has 0 fully saturated rings. The molecule has 0 aliphatic rings. The largest absolute Gasteiger partial charge is 0.324 e. The summed E-state index contributed by atoms with van der Waals surface area (Å²) in [6.45, 7) is 3.63. The summed E-state index contributed by atoms with van der Waals surface area (Å²) in [5.41, 5.74) is 8.47. The molecule has 0 saturated heterocycles. The van der Waals surface area contributed by atoms with Crippen molar-refractivity contribution < 1.29 is 4.39 Å². The quantitative estimate of drug-likeness (QED) is 0.795. The molecular weight excluding hydrogens is 293 g/mol. The van der Waals surface area contributed by atoms with Crippen LogP contribution in [0.1, 0.15) is 29.7 Å². The van der Waals surface area contributed by atoms with Crippen molar-refractivity contribution in [2.45, 2.75) is 30.5 Å². The van der Waals surface area contributed by atoms with Gasteiger partial charge in [0.2, 0.25) is 0 Å². The number of nitrogens with two attached hydrogens (primary N) is 1. The molecule has 106 valence electrons. The smallest absolute Gasteiger partial charge is 0.126 e. The molecule has 2 aromatic rings. The van der Waals surface area contributed by atoms with Gasteiger partial charge in [-0.25, -0.2) is 4.39 Å². The highest BCUT2D eigenvalue weighted by atomic mass is 35.5. The second-order valence-corrected chi connectivity index (χ2v) is 6.23. The van der Waals surface area contributed by atoms with Crippen molar-refractivity contribution in [1.82, 2.24) is 0 Å². The first kappa shape index (κ1) is 15.4. The maximum Gasteiger partial charge on any atom is 0.126 e. The summed E-state index contributed by atoms with van der Waals surface area (Å²) in [5.74, 6) is 0.532. The molecule has 0 bridgehead atoms. The van der Waals surface area contributed by atoms with Crippen LogP contribution in [0.4, 0.5) is 4.39 Å². The maximum absolute atomic E-state index is 13.7. The van der Waals surface area contributed by atoms with Gasteiger partial charge in [-0.15, -0.1) is 11.8 Å². The van der Waals surface area contributed by atoms with Crippen LogP contribution in [0.25, 0.3) is 0 Å². The van der Waals surface area contributed by atoms with Crippen molar-refractivity contribution in [3.05, 3.63) is 63.9 Å². The number of rotatable bonds is 4. The molecule has 0 amide bonds. The molecule has 0 aliphatic heterocycles. The lowest BCUT2D eigenvalue weighted by Gasteiger charge is -2.14. The second kappa shape index (κ2) is 6.61. The van der Waals surface area contributed by atoms with Crippen LogP contribution in [-0.4, -0.2) is 0 Å². The Balaban J connectivity index is 2.25. The van der Waals surface area contributed by atoms with Gasteiger partial charge in [-0.1, -0.05) is 29.8 Å². The fraction of sp³-hybridized carbons (Fsp3) is 0.250. The van der Waals surface area contributed by atoms with Crippen molar-refractivity contribution in [3.8, 4) is 0 Å². The van der Waals surface area contributed by atoms with Crippen LogP contribution < -0.4 is 5.73 Å². The molecule has 2 N–H and O–H groups in total. The average Bonchev–Trinajstić information content (AvgIpc) is 2.41. The van der Waals surface area contributed by atoms with Crippen LogP contribution in [0.3, 0.4) is 0 Å².